The van der Waals surface area contributed by atoms with E-state index in [0.29, 0.717) is 0 Å². The van der Waals surface area contributed by atoms with Crippen molar-refractivity contribution in [2.75, 3.05) is 0 Å². The Morgan fingerprint density at radius 3 is 2.30 bits per heavy atom. The van der Waals surface area contributed by atoms with Crippen molar-refractivity contribution >= 4 is 15.9 Å². The molecule has 4 nitrogen and oxygen atoms in total. The normalized spacial score (nSPS) is 10.7. The highest BCUT2D eigenvalue weighted by Gasteiger charge is 2.07. The molecule has 1 aromatic heterocycles. The number of hydrogen-bond donors (Lipinski definition) is 2. The molecule has 20 heavy (non-hydrogen) atoms. The fourth-order valence-corrected chi connectivity index (χ4v) is 2.47. The Morgan fingerprint density at radius 1 is 0.900 bits per heavy atom. The molecule has 0 aliphatic heterocycles. The van der Waals surface area contributed by atoms with Crippen molar-refractivity contribution in [3.8, 4) is 28.4 Å². The van der Waals surface area contributed by atoms with Gasteiger partial charge in [-0.1, -0.05) is 0 Å². The zero-order valence-corrected chi connectivity index (χ0v) is 11.9. The van der Waals surface area contributed by atoms with Crippen LogP contribution in [0.2, 0.25) is 0 Å². The Kier molecular flexibility index (Phi) is 3.20. The Bertz CT molecular complexity index is 751. The molecule has 0 spiro atoms. The molecule has 2 N–H and O–H groups in total. The Balaban J connectivity index is 1.99. The smallest absolute Gasteiger partial charge is 0.116 e. The lowest BCUT2D eigenvalue weighted by molar-refractivity contribution is 0.474. The molecule has 0 atom stereocenters. The summed E-state index contributed by atoms with van der Waals surface area (Å²) in [6, 6.07) is 13.8. The van der Waals surface area contributed by atoms with Gasteiger partial charge in [0.15, 0.2) is 0 Å². The third kappa shape index (κ3) is 2.40. The van der Waals surface area contributed by atoms with E-state index in [1.807, 2.05) is 24.4 Å². The molecule has 0 fully saturated rings. The minimum atomic E-state index is 0.200. The summed E-state index contributed by atoms with van der Waals surface area (Å²) < 4.78 is 2.49. The maximum absolute atomic E-state index is 9.41. The lowest BCUT2D eigenvalue weighted by Crippen LogP contribution is -1.95. The van der Waals surface area contributed by atoms with E-state index in [2.05, 4.69) is 21.0 Å². The van der Waals surface area contributed by atoms with Crippen molar-refractivity contribution in [2.24, 2.45) is 0 Å². The second kappa shape index (κ2) is 5.02. The van der Waals surface area contributed by atoms with Gasteiger partial charge in [0.2, 0.25) is 0 Å². The topological polar surface area (TPSA) is 58.3 Å². The average molecular weight is 331 g/mol. The average Bonchev–Trinajstić information content (AvgIpc) is 2.89. The summed E-state index contributed by atoms with van der Waals surface area (Å²) in [4.78, 5) is 0. The number of aromatic hydroxyl groups is 2. The highest BCUT2D eigenvalue weighted by molar-refractivity contribution is 9.10. The van der Waals surface area contributed by atoms with Crippen LogP contribution >= 0.6 is 15.9 Å². The first-order chi connectivity index (χ1) is 9.63. The maximum atomic E-state index is 9.41. The first-order valence-electron chi connectivity index (χ1n) is 5.97. The monoisotopic (exact) mass is 330 g/mol. The van der Waals surface area contributed by atoms with Crippen LogP contribution in [0.1, 0.15) is 0 Å². The van der Waals surface area contributed by atoms with Gasteiger partial charge in [0.05, 0.1) is 11.4 Å². The molecule has 0 saturated carbocycles. The summed E-state index contributed by atoms with van der Waals surface area (Å²) in [7, 11) is 0. The van der Waals surface area contributed by atoms with Gasteiger partial charge in [-0.2, -0.15) is 5.10 Å². The third-order valence-electron chi connectivity index (χ3n) is 2.93. The number of nitrogens with zero attached hydrogens (tertiary/aromatic N) is 2. The standard InChI is InChI=1S/C15H11BrN2O2/c16-13-9-12(20)5-6-15(13)18-8-7-14(17-18)10-1-3-11(19)4-2-10/h1-9,19-20H. The van der Waals surface area contributed by atoms with Crippen molar-refractivity contribution in [2.45, 2.75) is 0 Å². The number of phenols is 2. The van der Waals surface area contributed by atoms with Gasteiger partial charge < -0.3 is 10.2 Å². The third-order valence-corrected chi connectivity index (χ3v) is 3.57. The Hall–Kier alpha value is -2.27. The highest BCUT2D eigenvalue weighted by atomic mass is 79.9. The quantitative estimate of drug-likeness (QED) is 0.753. The second-order valence-corrected chi connectivity index (χ2v) is 5.18. The first-order valence-corrected chi connectivity index (χ1v) is 6.77. The summed E-state index contributed by atoms with van der Waals surface area (Å²) in [6.45, 7) is 0. The number of phenolic OH excluding ortho intramolecular Hbond substituents is 2. The molecule has 0 aliphatic rings. The van der Waals surface area contributed by atoms with Crippen LogP contribution in [0.15, 0.2) is 59.2 Å². The number of halogens is 1. The predicted molar refractivity (Wildman–Crippen MR) is 80.0 cm³/mol. The number of benzene rings is 2. The van der Waals surface area contributed by atoms with E-state index in [-0.39, 0.29) is 11.5 Å². The van der Waals surface area contributed by atoms with Crippen LogP contribution in [0, 0.1) is 0 Å². The molecule has 2 aromatic carbocycles. The Morgan fingerprint density at radius 2 is 1.60 bits per heavy atom. The number of hydrogen-bond acceptors (Lipinski definition) is 3. The van der Waals surface area contributed by atoms with Gasteiger partial charge in [0.1, 0.15) is 11.5 Å². The molecule has 3 aromatic rings. The van der Waals surface area contributed by atoms with Crippen molar-refractivity contribution < 1.29 is 10.2 Å². The minimum Gasteiger partial charge on any atom is -0.508 e. The summed E-state index contributed by atoms with van der Waals surface area (Å²) in [6.07, 6.45) is 1.85. The van der Waals surface area contributed by atoms with Gasteiger partial charge in [0, 0.05) is 16.2 Å². The molecule has 1 heterocycles. The second-order valence-electron chi connectivity index (χ2n) is 4.33. The summed E-state index contributed by atoms with van der Waals surface area (Å²) >= 11 is 3.40. The first kappa shape index (κ1) is 12.7. The Labute approximate surface area is 124 Å². The van der Waals surface area contributed by atoms with Gasteiger partial charge in [-0.3, -0.25) is 0 Å². The van der Waals surface area contributed by atoms with Gasteiger partial charge in [-0.05, 0) is 64.5 Å². The van der Waals surface area contributed by atoms with Crippen LogP contribution in [0.3, 0.4) is 0 Å². The molecular formula is C15H11BrN2O2. The van der Waals surface area contributed by atoms with Crippen LogP contribution in [0.4, 0.5) is 0 Å². The molecule has 3 rings (SSSR count). The van der Waals surface area contributed by atoms with E-state index in [1.54, 1.807) is 35.0 Å². The molecule has 100 valence electrons. The molecule has 0 bridgehead atoms. The highest BCUT2D eigenvalue weighted by Crippen LogP contribution is 2.26. The molecule has 0 unspecified atom stereocenters. The van der Waals surface area contributed by atoms with Gasteiger partial charge in [-0.25, -0.2) is 4.68 Å². The molecule has 0 radical (unpaired) electrons. The molecule has 5 heteroatoms. The van der Waals surface area contributed by atoms with E-state index >= 15 is 0 Å². The maximum Gasteiger partial charge on any atom is 0.116 e. The van der Waals surface area contributed by atoms with Crippen LogP contribution in [0.5, 0.6) is 11.5 Å². The fraction of sp³-hybridized carbons (Fsp3) is 0. The molecule has 0 aliphatic carbocycles. The van der Waals surface area contributed by atoms with E-state index in [0.717, 1.165) is 21.4 Å². The van der Waals surface area contributed by atoms with E-state index < -0.39 is 0 Å². The summed E-state index contributed by atoms with van der Waals surface area (Å²) in [5.41, 5.74) is 2.58. The van der Waals surface area contributed by atoms with Gasteiger partial charge >= 0.3 is 0 Å². The summed E-state index contributed by atoms with van der Waals surface area (Å²) in [5.74, 6) is 0.431. The van der Waals surface area contributed by atoms with Crippen molar-refractivity contribution in [1.82, 2.24) is 9.78 Å². The molecular weight excluding hydrogens is 320 g/mol. The minimum absolute atomic E-state index is 0.200. The van der Waals surface area contributed by atoms with Crippen molar-refractivity contribution in [3.05, 3.63) is 59.2 Å². The van der Waals surface area contributed by atoms with Crippen LogP contribution < -0.4 is 0 Å². The largest absolute Gasteiger partial charge is 0.508 e. The van der Waals surface area contributed by atoms with Crippen LogP contribution in [-0.4, -0.2) is 20.0 Å². The van der Waals surface area contributed by atoms with E-state index in [1.165, 1.54) is 0 Å². The van der Waals surface area contributed by atoms with E-state index in [9.17, 15) is 10.2 Å². The van der Waals surface area contributed by atoms with Crippen LogP contribution in [0.25, 0.3) is 16.9 Å². The molecule has 0 amide bonds. The lowest BCUT2D eigenvalue weighted by Gasteiger charge is -2.05. The number of rotatable bonds is 2. The predicted octanol–water partition coefficient (Wildman–Crippen LogP) is 3.71. The molecule has 0 saturated heterocycles. The van der Waals surface area contributed by atoms with Crippen LogP contribution in [-0.2, 0) is 0 Å². The van der Waals surface area contributed by atoms with E-state index in [4.69, 9.17) is 0 Å². The van der Waals surface area contributed by atoms with Gasteiger partial charge in [-0.15, -0.1) is 0 Å². The zero-order chi connectivity index (χ0) is 14.1. The SMILES string of the molecule is Oc1ccc(-c2ccn(-c3ccc(O)cc3Br)n2)cc1. The van der Waals surface area contributed by atoms with Crippen molar-refractivity contribution in [3.63, 3.8) is 0 Å². The fourth-order valence-electron chi connectivity index (χ4n) is 1.93. The summed E-state index contributed by atoms with van der Waals surface area (Å²) in [5, 5.41) is 23.2. The van der Waals surface area contributed by atoms with Gasteiger partial charge in [0.25, 0.3) is 0 Å². The number of aromatic nitrogens is 2. The van der Waals surface area contributed by atoms with Crippen molar-refractivity contribution in [1.29, 1.82) is 0 Å². The lowest BCUT2D eigenvalue weighted by atomic mass is 10.1. The zero-order valence-electron chi connectivity index (χ0n) is 10.4.